The number of hydrogen-bond acceptors (Lipinski definition) is 2. The maximum absolute atomic E-state index is 3.44. The molecule has 1 aliphatic heterocycles. The van der Waals surface area contributed by atoms with Crippen molar-refractivity contribution in [3.8, 4) is 0 Å². The minimum atomic E-state index is 0.989. The molecule has 1 aromatic rings. The van der Waals surface area contributed by atoms with Gasteiger partial charge in [-0.15, -0.1) is 0 Å². The normalized spacial score (nSPS) is 16.5. The SMILES string of the molecule is CC=CCN1CCNCc2ccccc21. The van der Waals surface area contributed by atoms with Crippen LogP contribution >= 0.6 is 0 Å². The Bertz CT molecular complexity index is 344. The van der Waals surface area contributed by atoms with Crippen molar-refractivity contribution in [3.05, 3.63) is 42.0 Å². The van der Waals surface area contributed by atoms with Crippen LogP contribution in [-0.4, -0.2) is 19.6 Å². The Balaban J connectivity index is 2.24. The van der Waals surface area contributed by atoms with Gasteiger partial charge < -0.3 is 10.2 Å². The molecule has 80 valence electrons. The Morgan fingerprint density at radius 3 is 3.13 bits per heavy atom. The lowest BCUT2D eigenvalue weighted by molar-refractivity contribution is 0.700. The van der Waals surface area contributed by atoms with Crippen LogP contribution in [0.1, 0.15) is 12.5 Å². The lowest BCUT2D eigenvalue weighted by atomic mass is 10.1. The second-order valence-corrected chi connectivity index (χ2v) is 3.82. The van der Waals surface area contributed by atoms with Crippen molar-refractivity contribution < 1.29 is 0 Å². The van der Waals surface area contributed by atoms with Gasteiger partial charge in [-0.25, -0.2) is 0 Å². The van der Waals surface area contributed by atoms with Crippen molar-refractivity contribution in [1.29, 1.82) is 0 Å². The van der Waals surface area contributed by atoms with E-state index in [1.54, 1.807) is 0 Å². The molecule has 0 bridgehead atoms. The molecule has 0 saturated carbocycles. The topological polar surface area (TPSA) is 15.3 Å². The van der Waals surface area contributed by atoms with E-state index in [0.717, 1.165) is 26.2 Å². The number of anilines is 1. The molecule has 0 aromatic heterocycles. The lowest BCUT2D eigenvalue weighted by Gasteiger charge is -2.22. The molecule has 0 unspecified atom stereocenters. The Morgan fingerprint density at radius 1 is 1.40 bits per heavy atom. The fourth-order valence-corrected chi connectivity index (χ4v) is 1.95. The van der Waals surface area contributed by atoms with Crippen molar-refractivity contribution in [2.75, 3.05) is 24.5 Å². The largest absolute Gasteiger partial charge is 0.366 e. The van der Waals surface area contributed by atoms with Crippen LogP contribution < -0.4 is 10.2 Å². The summed E-state index contributed by atoms with van der Waals surface area (Å²) in [5, 5.41) is 3.44. The summed E-state index contributed by atoms with van der Waals surface area (Å²) in [5.74, 6) is 0. The van der Waals surface area contributed by atoms with Crippen molar-refractivity contribution in [1.82, 2.24) is 5.32 Å². The first-order chi connectivity index (χ1) is 7.42. The van der Waals surface area contributed by atoms with E-state index in [1.807, 2.05) is 0 Å². The van der Waals surface area contributed by atoms with E-state index in [0.29, 0.717) is 0 Å². The molecule has 0 amide bonds. The van der Waals surface area contributed by atoms with Gasteiger partial charge in [0.05, 0.1) is 0 Å². The maximum Gasteiger partial charge on any atom is 0.0415 e. The number of allylic oxidation sites excluding steroid dienone is 1. The van der Waals surface area contributed by atoms with Crippen molar-refractivity contribution in [3.63, 3.8) is 0 Å². The van der Waals surface area contributed by atoms with Crippen LogP contribution in [0.15, 0.2) is 36.4 Å². The minimum Gasteiger partial charge on any atom is -0.366 e. The molecule has 1 aromatic carbocycles. The van der Waals surface area contributed by atoms with Gasteiger partial charge in [0.1, 0.15) is 0 Å². The highest BCUT2D eigenvalue weighted by molar-refractivity contribution is 5.54. The number of hydrogen-bond donors (Lipinski definition) is 1. The van der Waals surface area contributed by atoms with Gasteiger partial charge in [0.2, 0.25) is 0 Å². The van der Waals surface area contributed by atoms with Crippen LogP contribution in [0.4, 0.5) is 5.69 Å². The highest BCUT2D eigenvalue weighted by Gasteiger charge is 2.12. The second-order valence-electron chi connectivity index (χ2n) is 3.82. The van der Waals surface area contributed by atoms with Gasteiger partial charge in [-0.3, -0.25) is 0 Å². The summed E-state index contributed by atoms with van der Waals surface area (Å²) >= 11 is 0. The van der Waals surface area contributed by atoms with Crippen molar-refractivity contribution in [2.24, 2.45) is 0 Å². The van der Waals surface area contributed by atoms with Gasteiger partial charge in [-0.2, -0.15) is 0 Å². The van der Waals surface area contributed by atoms with Gasteiger partial charge in [-0.05, 0) is 18.6 Å². The number of para-hydroxylation sites is 1. The fourth-order valence-electron chi connectivity index (χ4n) is 1.95. The van der Waals surface area contributed by atoms with Crippen LogP contribution in [0, 0.1) is 0 Å². The van der Waals surface area contributed by atoms with Crippen LogP contribution in [-0.2, 0) is 6.54 Å². The maximum atomic E-state index is 3.44. The monoisotopic (exact) mass is 202 g/mol. The summed E-state index contributed by atoms with van der Waals surface area (Å²) in [4.78, 5) is 2.43. The molecule has 2 rings (SSSR count). The van der Waals surface area contributed by atoms with Gasteiger partial charge in [0.15, 0.2) is 0 Å². The number of benzene rings is 1. The molecule has 2 heteroatoms. The standard InChI is InChI=1S/C13H18N2/c1-2-3-9-15-10-8-14-11-12-6-4-5-7-13(12)15/h2-7,14H,8-11H2,1H3. The summed E-state index contributed by atoms with van der Waals surface area (Å²) < 4.78 is 0. The van der Waals surface area contributed by atoms with Crippen molar-refractivity contribution in [2.45, 2.75) is 13.5 Å². The summed E-state index contributed by atoms with van der Waals surface area (Å²) in [7, 11) is 0. The third kappa shape index (κ3) is 2.39. The average Bonchev–Trinajstić information content (AvgIpc) is 2.49. The molecule has 0 aliphatic carbocycles. The highest BCUT2D eigenvalue weighted by atomic mass is 15.2. The van der Waals surface area contributed by atoms with Crippen LogP contribution in [0.25, 0.3) is 0 Å². The van der Waals surface area contributed by atoms with E-state index in [9.17, 15) is 0 Å². The third-order valence-corrected chi connectivity index (χ3v) is 2.77. The number of rotatable bonds is 2. The summed E-state index contributed by atoms with van der Waals surface area (Å²) in [5.41, 5.74) is 2.78. The van der Waals surface area contributed by atoms with E-state index < -0.39 is 0 Å². The van der Waals surface area contributed by atoms with Crippen LogP contribution in [0.2, 0.25) is 0 Å². The quantitative estimate of drug-likeness (QED) is 0.739. The Morgan fingerprint density at radius 2 is 2.27 bits per heavy atom. The average molecular weight is 202 g/mol. The molecule has 1 N–H and O–H groups in total. The Hall–Kier alpha value is -1.28. The first kappa shape index (κ1) is 10.2. The zero-order valence-electron chi connectivity index (χ0n) is 9.24. The highest BCUT2D eigenvalue weighted by Crippen LogP contribution is 2.21. The van der Waals surface area contributed by atoms with E-state index >= 15 is 0 Å². The molecular weight excluding hydrogens is 184 g/mol. The zero-order valence-corrected chi connectivity index (χ0v) is 9.24. The molecule has 0 radical (unpaired) electrons. The third-order valence-electron chi connectivity index (χ3n) is 2.77. The molecule has 15 heavy (non-hydrogen) atoms. The van der Waals surface area contributed by atoms with E-state index in [-0.39, 0.29) is 0 Å². The minimum absolute atomic E-state index is 0.989. The molecule has 0 saturated heterocycles. The number of fused-ring (bicyclic) bond motifs is 1. The van der Waals surface area contributed by atoms with Crippen LogP contribution in [0.3, 0.4) is 0 Å². The first-order valence-corrected chi connectivity index (χ1v) is 5.56. The Labute approximate surface area is 91.6 Å². The van der Waals surface area contributed by atoms with E-state index in [4.69, 9.17) is 0 Å². The molecule has 0 spiro atoms. The zero-order chi connectivity index (χ0) is 10.5. The first-order valence-electron chi connectivity index (χ1n) is 5.56. The summed E-state index contributed by atoms with van der Waals surface area (Å²) in [6, 6.07) is 8.65. The smallest absolute Gasteiger partial charge is 0.0415 e. The van der Waals surface area contributed by atoms with Crippen LogP contribution in [0.5, 0.6) is 0 Å². The number of nitrogens with one attached hydrogen (secondary N) is 1. The van der Waals surface area contributed by atoms with E-state index in [1.165, 1.54) is 11.3 Å². The van der Waals surface area contributed by atoms with Gasteiger partial charge in [-0.1, -0.05) is 30.4 Å². The molecule has 2 nitrogen and oxygen atoms in total. The summed E-state index contributed by atoms with van der Waals surface area (Å²) in [6.07, 6.45) is 4.32. The van der Waals surface area contributed by atoms with Gasteiger partial charge in [0.25, 0.3) is 0 Å². The predicted molar refractivity (Wildman–Crippen MR) is 65.2 cm³/mol. The second kappa shape index (κ2) is 4.99. The lowest BCUT2D eigenvalue weighted by Crippen LogP contribution is -2.28. The molecule has 0 atom stereocenters. The molecular formula is C13H18N2. The molecule has 1 aliphatic rings. The molecule has 0 fully saturated rings. The van der Waals surface area contributed by atoms with Gasteiger partial charge >= 0.3 is 0 Å². The van der Waals surface area contributed by atoms with E-state index in [2.05, 4.69) is 53.6 Å². The Kier molecular flexibility index (Phi) is 3.41. The molecule has 1 heterocycles. The van der Waals surface area contributed by atoms with Gasteiger partial charge in [0, 0.05) is 31.9 Å². The fraction of sp³-hybridized carbons (Fsp3) is 0.385. The van der Waals surface area contributed by atoms with Crippen molar-refractivity contribution >= 4 is 5.69 Å². The summed E-state index contributed by atoms with van der Waals surface area (Å²) in [6.45, 7) is 6.22. The number of nitrogens with zero attached hydrogens (tertiary/aromatic N) is 1. The predicted octanol–water partition coefficient (Wildman–Crippen LogP) is 2.17.